The molecular weight excluding hydrogens is 394 g/mol. The lowest BCUT2D eigenvalue weighted by Crippen LogP contribution is -2.08. The minimum atomic E-state index is -0.402. The summed E-state index contributed by atoms with van der Waals surface area (Å²) in [7, 11) is 0. The van der Waals surface area contributed by atoms with E-state index in [0.29, 0.717) is 23.9 Å². The van der Waals surface area contributed by atoms with Gasteiger partial charge < -0.3 is 4.74 Å². The van der Waals surface area contributed by atoms with Crippen molar-refractivity contribution in [1.29, 1.82) is 0 Å². The van der Waals surface area contributed by atoms with Crippen molar-refractivity contribution in [2.24, 2.45) is 0 Å². The molecule has 1 aromatic carbocycles. The number of rotatable bonds is 5. The molecule has 0 spiro atoms. The lowest BCUT2D eigenvalue weighted by molar-refractivity contribution is 0.0518. The molecule has 0 bridgehead atoms. The van der Waals surface area contributed by atoms with Crippen LogP contribution in [0.2, 0.25) is 5.02 Å². The molecule has 1 aliphatic carbocycles. The van der Waals surface area contributed by atoms with Crippen molar-refractivity contribution >= 4 is 44.7 Å². The van der Waals surface area contributed by atoms with Crippen LogP contribution in [-0.2, 0) is 11.3 Å². The Hall–Kier alpha value is -2.18. The number of esters is 1. The van der Waals surface area contributed by atoms with Gasteiger partial charge in [0.2, 0.25) is 0 Å². The van der Waals surface area contributed by atoms with Crippen molar-refractivity contribution in [2.45, 2.75) is 46.1 Å². The van der Waals surface area contributed by atoms with Crippen molar-refractivity contribution in [2.75, 3.05) is 6.61 Å². The number of aryl methyl sites for hydroxylation is 1. The number of carbonyl (C=O) groups excluding carboxylic acids is 1. The SMILES string of the molecule is CCOC(=O)c1cc(C)n(Cc2cc(Cl)cc3sc(C4=CCCCC4)nc23)n1. The van der Waals surface area contributed by atoms with Gasteiger partial charge in [0.15, 0.2) is 5.69 Å². The Morgan fingerprint density at radius 1 is 1.32 bits per heavy atom. The van der Waals surface area contributed by atoms with E-state index in [4.69, 9.17) is 21.3 Å². The summed E-state index contributed by atoms with van der Waals surface area (Å²) in [6, 6.07) is 5.66. The number of halogens is 1. The summed E-state index contributed by atoms with van der Waals surface area (Å²) in [4.78, 5) is 16.9. The highest BCUT2D eigenvalue weighted by atomic mass is 35.5. The molecule has 3 aromatic rings. The van der Waals surface area contributed by atoms with Crippen LogP contribution in [-0.4, -0.2) is 27.3 Å². The number of hydrogen-bond donors (Lipinski definition) is 0. The van der Waals surface area contributed by atoms with Gasteiger partial charge >= 0.3 is 5.97 Å². The van der Waals surface area contributed by atoms with E-state index in [1.54, 1.807) is 29.0 Å². The highest BCUT2D eigenvalue weighted by Gasteiger charge is 2.17. The van der Waals surface area contributed by atoms with E-state index in [0.717, 1.165) is 39.3 Å². The zero-order valence-electron chi connectivity index (χ0n) is 16.0. The van der Waals surface area contributed by atoms with Crippen LogP contribution in [0.4, 0.5) is 0 Å². The Labute approximate surface area is 173 Å². The molecule has 7 heteroatoms. The number of allylic oxidation sites excluding steroid dienone is 2. The molecular formula is C21H22ClN3O2S. The zero-order chi connectivity index (χ0) is 19.7. The molecule has 0 atom stereocenters. The number of fused-ring (bicyclic) bond motifs is 1. The van der Waals surface area contributed by atoms with Gasteiger partial charge in [-0.25, -0.2) is 9.78 Å². The van der Waals surface area contributed by atoms with Crippen molar-refractivity contribution in [1.82, 2.24) is 14.8 Å². The van der Waals surface area contributed by atoms with Crippen LogP contribution < -0.4 is 0 Å². The lowest BCUT2D eigenvalue weighted by Gasteiger charge is -2.09. The summed E-state index contributed by atoms with van der Waals surface area (Å²) in [5.74, 6) is -0.402. The molecule has 5 nitrogen and oxygen atoms in total. The predicted octanol–water partition coefficient (Wildman–Crippen LogP) is 5.64. The van der Waals surface area contributed by atoms with Crippen LogP contribution in [0.5, 0.6) is 0 Å². The first kappa shape index (κ1) is 19.2. The summed E-state index contributed by atoms with van der Waals surface area (Å²) < 4.78 is 7.94. The van der Waals surface area contributed by atoms with Gasteiger partial charge in [0.25, 0.3) is 0 Å². The number of nitrogens with zero attached hydrogens (tertiary/aromatic N) is 3. The zero-order valence-corrected chi connectivity index (χ0v) is 17.6. The number of benzene rings is 1. The fraction of sp³-hybridized carbons (Fsp3) is 0.381. The Balaban J connectivity index is 1.70. The summed E-state index contributed by atoms with van der Waals surface area (Å²) in [6.45, 7) is 4.55. The van der Waals surface area contributed by atoms with E-state index in [9.17, 15) is 4.79 Å². The number of ether oxygens (including phenoxy) is 1. The third-order valence-corrected chi connectivity index (χ3v) is 6.19. The average molecular weight is 416 g/mol. The predicted molar refractivity (Wildman–Crippen MR) is 113 cm³/mol. The van der Waals surface area contributed by atoms with Crippen molar-refractivity contribution in [3.63, 3.8) is 0 Å². The smallest absolute Gasteiger partial charge is 0.358 e. The second kappa shape index (κ2) is 8.05. The highest BCUT2D eigenvalue weighted by Crippen LogP contribution is 2.35. The molecule has 0 amide bonds. The Kier molecular flexibility index (Phi) is 5.51. The summed E-state index contributed by atoms with van der Waals surface area (Å²) >= 11 is 8.08. The summed E-state index contributed by atoms with van der Waals surface area (Å²) in [5, 5.41) is 6.19. The maximum Gasteiger partial charge on any atom is 0.358 e. The maximum absolute atomic E-state index is 12.0. The molecule has 2 heterocycles. The third kappa shape index (κ3) is 3.84. The van der Waals surface area contributed by atoms with E-state index in [1.165, 1.54) is 18.4 Å². The van der Waals surface area contributed by atoms with Crippen LogP contribution in [0.1, 0.15) is 59.4 Å². The van der Waals surface area contributed by atoms with E-state index in [1.807, 2.05) is 19.1 Å². The van der Waals surface area contributed by atoms with E-state index < -0.39 is 5.97 Å². The van der Waals surface area contributed by atoms with Crippen LogP contribution in [0, 0.1) is 6.92 Å². The van der Waals surface area contributed by atoms with Gasteiger partial charge in [-0.05, 0) is 63.3 Å². The van der Waals surface area contributed by atoms with Crippen LogP contribution in [0.25, 0.3) is 15.8 Å². The van der Waals surface area contributed by atoms with E-state index in [2.05, 4.69) is 11.2 Å². The fourth-order valence-electron chi connectivity index (χ4n) is 3.49. The minimum absolute atomic E-state index is 0.323. The average Bonchev–Trinajstić information content (AvgIpc) is 3.27. The quantitative estimate of drug-likeness (QED) is 0.506. The van der Waals surface area contributed by atoms with Gasteiger partial charge in [-0.15, -0.1) is 11.3 Å². The molecule has 0 radical (unpaired) electrons. The van der Waals surface area contributed by atoms with Gasteiger partial charge in [-0.2, -0.15) is 5.10 Å². The molecule has 0 aliphatic heterocycles. The highest BCUT2D eigenvalue weighted by molar-refractivity contribution is 7.19. The van der Waals surface area contributed by atoms with E-state index in [-0.39, 0.29) is 0 Å². The maximum atomic E-state index is 12.0. The van der Waals surface area contributed by atoms with Crippen LogP contribution in [0.15, 0.2) is 24.3 Å². The number of hydrogen-bond acceptors (Lipinski definition) is 5. The molecule has 0 saturated heterocycles. The first-order valence-electron chi connectivity index (χ1n) is 9.55. The second-order valence-electron chi connectivity index (χ2n) is 6.95. The van der Waals surface area contributed by atoms with Gasteiger partial charge in [0.05, 0.1) is 23.4 Å². The summed E-state index contributed by atoms with van der Waals surface area (Å²) in [6.07, 6.45) is 7.00. The topological polar surface area (TPSA) is 57.0 Å². The molecule has 146 valence electrons. The van der Waals surface area contributed by atoms with Crippen molar-refractivity contribution in [3.8, 4) is 0 Å². The lowest BCUT2D eigenvalue weighted by atomic mass is 10.0. The third-order valence-electron chi connectivity index (χ3n) is 4.89. The Morgan fingerprint density at radius 2 is 2.18 bits per heavy atom. The number of aromatic nitrogens is 3. The standard InChI is InChI=1S/C21H22ClN3O2S/c1-3-27-21(26)17-9-13(2)25(24-17)12-15-10-16(22)11-18-19(15)23-20(28-18)14-7-5-4-6-8-14/h7,9-11H,3-6,8,12H2,1-2H3. The molecule has 1 aliphatic rings. The van der Waals surface area contributed by atoms with Crippen molar-refractivity contribution < 1.29 is 9.53 Å². The molecule has 0 unspecified atom stereocenters. The van der Waals surface area contributed by atoms with Gasteiger partial charge in [0, 0.05) is 16.3 Å². The Morgan fingerprint density at radius 3 is 2.93 bits per heavy atom. The molecule has 28 heavy (non-hydrogen) atoms. The normalized spacial score (nSPS) is 14.3. The minimum Gasteiger partial charge on any atom is -0.461 e. The van der Waals surface area contributed by atoms with Gasteiger partial charge in [-0.3, -0.25) is 4.68 Å². The van der Waals surface area contributed by atoms with Gasteiger partial charge in [0.1, 0.15) is 5.01 Å². The summed E-state index contributed by atoms with van der Waals surface area (Å²) in [5.41, 5.74) is 4.52. The molecule has 0 fully saturated rings. The number of thiazole rings is 1. The first-order valence-corrected chi connectivity index (χ1v) is 10.7. The van der Waals surface area contributed by atoms with Crippen LogP contribution in [0.3, 0.4) is 0 Å². The molecule has 0 N–H and O–H groups in total. The molecule has 4 rings (SSSR count). The van der Waals surface area contributed by atoms with Crippen LogP contribution >= 0.6 is 22.9 Å². The number of carbonyl (C=O) groups is 1. The largest absolute Gasteiger partial charge is 0.461 e. The van der Waals surface area contributed by atoms with Crippen molar-refractivity contribution in [3.05, 3.63) is 51.3 Å². The van der Waals surface area contributed by atoms with Gasteiger partial charge in [-0.1, -0.05) is 17.7 Å². The Bertz CT molecular complexity index is 1070. The molecule has 2 aromatic heterocycles. The monoisotopic (exact) mass is 415 g/mol. The van der Waals surface area contributed by atoms with E-state index >= 15 is 0 Å². The second-order valence-corrected chi connectivity index (χ2v) is 8.42. The molecule has 0 saturated carbocycles. The first-order chi connectivity index (χ1) is 13.5. The fourth-order valence-corrected chi connectivity index (χ4v) is 4.91.